The van der Waals surface area contributed by atoms with E-state index in [9.17, 15) is 9.59 Å². The van der Waals surface area contributed by atoms with Crippen LogP contribution in [0, 0.1) is 5.92 Å². The lowest BCUT2D eigenvalue weighted by molar-refractivity contribution is -0.141. The molecule has 0 spiro atoms. The Bertz CT molecular complexity index is 792. The minimum atomic E-state index is -0.719. The molecule has 0 aromatic heterocycles. The summed E-state index contributed by atoms with van der Waals surface area (Å²) in [5, 5.41) is 8.92. The molecule has 0 radical (unpaired) electrons. The topological polar surface area (TPSA) is 54.4 Å². The van der Waals surface area contributed by atoms with Crippen LogP contribution in [0.2, 0.25) is 0 Å². The molecule has 0 saturated carbocycles. The second kappa shape index (κ2) is 7.64. The van der Waals surface area contributed by atoms with Crippen LogP contribution in [-0.2, 0) is 24.1 Å². The number of carboxylic acids is 1. The number of aryl methyl sites for hydroxylation is 3. The molecule has 130 valence electrons. The summed E-state index contributed by atoms with van der Waals surface area (Å²) in [6.45, 7) is 1.76. The summed E-state index contributed by atoms with van der Waals surface area (Å²) in [5.74, 6) is -0.865. The molecule has 2 aromatic carbocycles. The summed E-state index contributed by atoms with van der Waals surface area (Å²) in [7, 11) is 0. The zero-order valence-corrected chi connectivity index (χ0v) is 14.6. The Morgan fingerprint density at radius 2 is 1.76 bits per heavy atom. The van der Waals surface area contributed by atoms with Gasteiger partial charge in [0.25, 0.3) is 0 Å². The molecular formula is C22H24O3. The molecule has 25 heavy (non-hydrogen) atoms. The van der Waals surface area contributed by atoms with Gasteiger partial charge in [0.2, 0.25) is 0 Å². The zero-order chi connectivity index (χ0) is 17.8. The molecule has 2 aromatic rings. The minimum absolute atomic E-state index is 0.130. The van der Waals surface area contributed by atoms with Gasteiger partial charge in [0.1, 0.15) is 0 Å². The number of fused-ring (bicyclic) bond motifs is 2. The van der Waals surface area contributed by atoms with Gasteiger partial charge in [0.15, 0.2) is 5.78 Å². The summed E-state index contributed by atoms with van der Waals surface area (Å²) in [4.78, 5) is 23.6. The van der Waals surface area contributed by atoms with Crippen LogP contribution in [0.1, 0.15) is 58.8 Å². The predicted octanol–water partition coefficient (Wildman–Crippen LogP) is 4.45. The van der Waals surface area contributed by atoms with Gasteiger partial charge in [0, 0.05) is 11.1 Å². The van der Waals surface area contributed by atoms with Crippen molar-refractivity contribution in [1.29, 1.82) is 0 Å². The van der Waals surface area contributed by atoms with Crippen LogP contribution in [0.25, 0.3) is 0 Å². The molecule has 1 aliphatic rings. The van der Waals surface area contributed by atoms with Gasteiger partial charge < -0.3 is 5.11 Å². The summed E-state index contributed by atoms with van der Waals surface area (Å²) in [6.07, 6.45) is 5.32. The maximum atomic E-state index is 12.8. The van der Waals surface area contributed by atoms with Crippen molar-refractivity contribution in [2.24, 2.45) is 5.92 Å². The first-order chi connectivity index (χ1) is 12.1. The van der Waals surface area contributed by atoms with E-state index in [1.165, 1.54) is 5.56 Å². The Morgan fingerprint density at radius 3 is 2.56 bits per heavy atom. The molecular weight excluding hydrogens is 312 g/mol. The van der Waals surface area contributed by atoms with Crippen molar-refractivity contribution in [2.75, 3.05) is 0 Å². The van der Waals surface area contributed by atoms with Gasteiger partial charge in [-0.15, -0.1) is 0 Å². The smallest absolute Gasteiger partial charge is 0.306 e. The molecule has 0 amide bonds. The standard InChI is InChI=1S/C22H24O3/c1-15(22(24)25)6-2-3-7-16-10-13-20-18(14-16)12-11-17-8-4-5-9-19(17)21(20)23/h4-5,8-10,13-15H,2-3,6-7,11-12H2,1H3,(H,24,25). The number of rotatable bonds is 6. The highest BCUT2D eigenvalue weighted by Crippen LogP contribution is 2.26. The lowest BCUT2D eigenvalue weighted by Crippen LogP contribution is -2.09. The molecule has 1 unspecified atom stereocenters. The van der Waals surface area contributed by atoms with Crippen molar-refractivity contribution >= 4 is 11.8 Å². The summed E-state index contributed by atoms with van der Waals surface area (Å²) in [5.41, 5.74) is 5.16. The van der Waals surface area contributed by atoms with E-state index in [2.05, 4.69) is 6.07 Å². The first-order valence-electron chi connectivity index (χ1n) is 9.03. The molecule has 1 atom stereocenters. The third-order valence-electron chi connectivity index (χ3n) is 5.11. The normalized spacial score (nSPS) is 14.4. The van der Waals surface area contributed by atoms with Gasteiger partial charge >= 0.3 is 5.97 Å². The van der Waals surface area contributed by atoms with Crippen molar-refractivity contribution in [2.45, 2.75) is 45.4 Å². The minimum Gasteiger partial charge on any atom is -0.481 e. The van der Waals surface area contributed by atoms with Crippen molar-refractivity contribution in [3.8, 4) is 0 Å². The largest absolute Gasteiger partial charge is 0.481 e. The van der Waals surface area contributed by atoms with Crippen molar-refractivity contribution in [3.63, 3.8) is 0 Å². The highest BCUT2D eigenvalue weighted by atomic mass is 16.4. The van der Waals surface area contributed by atoms with Crippen molar-refractivity contribution in [1.82, 2.24) is 0 Å². The highest BCUT2D eigenvalue weighted by Gasteiger charge is 2.20. The number of carbonyl (C=O) groups excluding carboxylic acids is 1. The quantitative estimate of drug-likeness (QED) is 0.793. The Balaban J connectivity index is 1.67. The first-order valence-corrected chi connectivity index (χ1v) is 9.03. The monoisotopic (exact) mass is 336 g/mol. The fourth-order valence-electron chi connectivity index (χ4n) is 3.51. The van der Waals surface area contributed by atoms with Crippen LogP contribution < -0.4 is 0 Å². The number of hydrogen-bond acceptors (Lipinski definition) is 2. The molecule has 0 aliphatic heterocycles. The predicted molar refractivity (Wildman–Crippen MR) is 98.1 cm³/mol. The van der Waals surface area contributed by atoms with E-state index in [0.717, 1.165) is 54.4 Å². The highest BCUT2D eigenvalue weighted by molar-refractivity contribution is 6.11. The van der Waals surface area contributed by atoms with Gasteiger partial charge in [-0.05, 0) is 48.8 Å². The molecule has 0 heterocycles. The van der Waals surface area contributed by atoms with E-state index in [0.29, 0.717) is 6.42 Å². The molecule has 3 heteroatoms. The van der Waals surface area contributed by atoms with Gasteiger partial charge in [-0.2, -0.15) is 0 Å². The van der Waals surface area contributed by atoms with Crippen molar-refractivity contribution in [3.05, 3.63) is 70.3 Å². The van der Waals surface area contributed by atoms with Gasteiger partial charge in [-0.25, -0.2) is 0 Å². The Morgan fingerprint density at radius 1 is 1.04 bits per heavy atom. The van der Waals surface area contributed by atoms with Crippen LogP contribution >= 0.6 is 0 Å². The number of ketones is 1. The van der Waals surface area contributed by atoms with E-state index < -0.39 is 5.97 Å². The molecule has 3 nitrogen and oxygen atoms in total. The van der Waals surface area contributed by atoms with E-state index in [1.807, 2.05) is 36.4 Å². The SMILES string of the molecule is CC(CCCCc1ccc2c(c1)CCc1ccccc1C2=O)C(=O)O. The summed E-state index contributed by atoms with van der Waals surface area (Å²) in [6, 6.07) is 14.1. The van der Waals surface area contributed by atoms with Gasteiger partial charge in [0.05, 0.1) is 5.92 Å². The fourth-order valence-corrected chi connectivity index (χ4v) is 3.51. The van der Waals surface area contributed by atoms with Crippen LogP contribution in [0.15, 0.2) is 42.5 Å². The second-order valence-corrected chi connectivity index (χ2v) is 6.96. The maximum absolute atomic E-state index is 12.8. The Kier molecular flexibility index (Phi) is 5.32. The number of hydrogen-bond donors (Lipinski definition) is 1. The lowest BCUT2D eigenvalue weighted by Gasteiger charge is -2.09. The molecule has 1 aliphatic carbocycles. The van der Waals surface area contributed by atoms with Crippen molar-refractivity contribution < 1.29 is 14.7 Å². The van der Waals surface area contributed by atoms with Gasteiger partial charge in [-0.1, -0.05) is 55.8 Å². The summed E-state index contributed by atoms with van der Waals surface area (Å²) >= 11 is 0. The van der Waals surface area contributed by atoms with E-state index >= 15 is 0 Å². The van der Waals surface area contributed by atoms with Crippen LogP contribution in [0.3, 0.4) is 0 Å². The van der Waals surface area contributed by atoms with Gasteiger partial charge in [-0.3, -0.25) is 9.59 Å². The number of aliphatic carboxylic acids is 1. The Labute approximate surface area is 148 Å². The van der Waals surface area contributed by atoms with E-state index in [1.54, 1.807) is 6.92 Å². The third-order valence-corrected chi connectivity index (χ3v) is 5.11. The van der Waals surface area contributed by atoms with Crippen LogP contribution in [-0.4, -0.2) is 16.9 Å². The number of carboxylic acid groups (broad SMARTS) is 1. The first kappa shape index (κ1) is 17.4. The zero-order valence-electron chi connectivity index (χ0n) is 14.6. The number of benzene rings is 2. The lowest BCUT2D eigenvalue weighted by atomic mass is 9.95. The molecule has 0 saturated heterocycles. The van der Waals surface area contributed by atoms with Crippen LogP contribution in [0.5, 0.6) is 0 Å². The van der Waals surface area contributed by atoms with E-state index in [-0.39, 0.29) is 11.7 Å². The number of unbranched alkanes of at least 4 members (excludes halogenated alkanes) is 1. The fraction of sp³-hybridized carbons (Fsp3) is 0.364. The third kappa shape index (κ3) is 3.98. The molecule has 3 rings (SSSR count). The summed E-state index contributed by atoms with van der Waals surface area (Å²) < 4.78 is 0. The number of carbonyl (C=O) groups is 2. The average molecular weight is 336 g/mol. The molecule has 1 N–H and O–H groups in total. The second-order valence-electron chi connectivity index (χ2n) is 6.96. The molecule has 0 fully saturated rings. The molecule has 0 bridgehead atoms. The maximum Gasteiger partial charge on any atom is 0.306 e. The average Bonchev–Trinajstić information content (AvgIpc) is 2.76. The van der Waals surface area contributed by atoms with E-state index in [4.69, 9.17) is 5.11 Å². The Hall–Kier alpha value is -2.42. The van der Waals surface area contributed by atoms with Crippen LogP contribution in [0.4, 0.5) is 0 Å².